The van der Waals surface area contributed by atoms with E-state index in [1.807, 2.05) is 6.08 Å². The van der Waals surface area contributed by atoms with E-state index in [-0.39, 0.29) is 12.0 Å². The van der Waals surface area contributed by atoms with E-state index in [1.54, 1.807) is 19.2 Å². The minimum atomic E-state index is -0.348. The number of carbonyl (C=O) groups is 1. The van der Waals surface area contributed by atoms with Crippen LogP contribution in [0, 0.1) is 5.92 Å². The zero-order valence-corrected chi connectivity index (χ0v) is 12.3. The maximum atomic E-state index is 12.1. The smallest absolute Gasteiger partial charge is 0.323 e. The Morgan fingerprint density at radius 3 is 2.70 bits per heavy atom. The standard InChI is InChI=1S/C16H25NO3/c1-4-6-13(5-2)11-15(17-3)16(18)20-12-14-7-9-19-10-8-14/h4-6,14-15,17H,1-2,7-12H2,3H3/b13-6+. The SMILES string of the molecule is C=C/C=C(\C=C)CC(NC)C(=O)OCC1CCOCC1. The second-order valence-electron chi connectivity index (χ2n) is 4.91. The summed E-state index contributed by atoms with van der Waals surface area (Å²) in [5.74, 6) is 0.212. The fraction of sp³-hybridized carbons (Fsp3) is 0.562. The summed E-state index contributed by atoms with van der Waals surface area (Å²) in [6, 6.07) is -0.348. The lowest BCUT2D eigenvalue weighted by Gasteiger charge is -2.23. The lowest BCUT2D eigenvalue weighted by molar-refractivity contribution is -0.148. The maximum Gasteiger partial charge on any atom is 0.323 e. The number of ether oxygens (including phenoxy) is 2. The van der Waals surface area contributed by atoms with Crippen molar-refractivity contribution in [2.75, 3.05) is 26.9 Å². The molecule has 1 heterocycles. The highest BCUT2D eigenvalue weighted by Gasteiger charge is 2.21. The molecular formula is C16H25NO3. The van der Waals surface area contributed by atoms with Crippen LogP contribution >= 0.6 is 0 Å². The summed E-state index contributed by atoms with van der Waals surface area (Å²) < 4.78 is 10.7. The molecular weight excluding hydrogens is 254 g/mol. The van der Waals surface area contributed by atoms with Gasteiger partial charge in [0.2, 0.25) is 0 Å². The van der Waals surface area contributed by atoms with Crippen molar-refractivity contribution < 1.29 is 14.3 Å². The Bertz CT molecular complexity index is 357. The van der Waals surface area contributed by atoms with Crippen molar-refractivity contribution in [3.8, 4) is 0 Å². The minimum Gasteiger partial charge on any atom is -0.464 e. The summed E-state index contributed by atoms with van der Waals surface area (Å²) >= 11 is 0. The Morgan fingerprint density at radius 2 is 2.15 bits per heavy atom. The molecule has 4 heteroatoms. The average Bonchev–Trinajstić information content (AvgIpc) is 2.50. The Kier molecular flexibility index (Phi) is 7.92. The summed E-state index contributed by atoms with van der Waals surface area (Å²) in [5, 5.41) is 2.99. The van der Waals surface area contributed by atoms with Crippen LogP contribution in [0.5, 0.6) is 0 Å². The Balaban J connectivity index is 2.43. The van der Waals surface area contributed by atoms with Crippen LogP contribution in [-0.2, 0) is 14.3 Å². The number of likely N-dealkylation sites (N-methyl/N-ethyl adjacent to an activating group) is 1. The summed E-state index contributed by atoms with van der Waals surface area (Å²) in [5.41, 5.74) is 0.961. The first-order chi connectivity index (χ1) is 9.71. The first-order valence-corrected chi connectivity index (χ1v) is 7.07. The van der Waals surface area contributed by atoms with Crippen LogP contribution in [0.2, 0.25) is 0 Å². The first-order valence-electron chi connectivity index (χ1n) is 7.07. The van der Waals surface area contributed by atoms with E-state index >= 15 is 0 Å². The van der Waals surface area contributed by atoms with Crippen LogP contribution in [0.1, 0.15) is 19.3 Å². The van der Waals surface area contributed by atoms with Gasteiger partial charge in [-0.1, -0.05) is 31.4 Å². The van der Waals surface area contributed by atoms with Crippen LogP contribution in [0.3, 0.4) is 0 Å². The molecule has 0 radical (unpaired) electrons. The first kappa shape index (κ1) is 16.7. The third-order valence-corrected chi connectivity index (χ3v) is 3.47. The van der Waals surface area contributed by atoms with Gasteiger partial charge in [0.15, 0.2) is 0 Å². The summed E-state index contributed by atoms with van der Waals surface area (Å²) in [6.45, 7) is 9.40. The lowest BCUT2D eigenvalue weighted by Crippen LogP contribution is -2.37. The highest BCUT2D eigenvalue weighted by atomic mass is 16.5. The van der Waals surface area contributed by atoms with E-state index in [0.29, 0.717) is 18.9 Å². The predicted molar refractivity (Wildman–Crippen MR) is 80.4 cm³/mol. The number of carbonyl (C=O) groups excluding carboxylic acids is 1. The largest absolute Gasteiger partial charge is 0.464 e. The molecule has 1 rings (SSSR count). The number of rotatable bonds is 8. The predicted octanol–water partition coefficient (Wildman–Crippen LogP) is 2.23. The second-order valence-corrected chi connectivity index (χ2v) is 4.91. The van der Waals surface area contributed by atoms with Crippen LogP contribution in [-0.4, -0.2) is 38.9 Å². The third kappa shape index (κ3) is 5.72. The molecule has 0 aromatic rings. The van der Waals surface area contributed by atoms with E-state index in [2.05, 4.69) is 18.5 Å². The van der Waals surface area contributed by atoms with Gasteiger partial charge in [-0.05, 0) is 37.8 Å². The lowest BCUT2D eigenvalue weighted by atomic mass is 10.0. The Hall–Kier alpha value is -1.39. The molecule has 0 aromatic carbocycles. The second kappa shape index (κ2) is 9.50. The van der Waals surface area contributed by atoms with E-state index in [1.165, 1.54) is 0 Å². The van der Waals surface area contributed by atoms with Gasteiger partial charge in [-0.15, -0.1) is 0 Å². The van der Waals surface area contributed by atoms with Gasteiger partial charge in [-0.2, -0.15) is 0 Å². The molecule has 0 spiro atoms. The van der Waals surface area contributed by atoms with E-state index in [0.717, 1.165) is 31.6 Å². The molecule has 112 valence electrons. The van der Waals surface area contributed by atoms with Crippen molar-refractivity contribution in [2.45, 2.75) is 25.3 Å². The zero-order chi connectivity index (χ0) is 14.8. The molecule has 0 saturated carbocycles. The zero-order valence-electron chi connectivity index (χ0n) is 12.3. The normalized spacial score (nSPS) is 18.4. The topological polar surface area (TPSA) is 47.6 Å². The van der Waals surface area contributed by atoms with Crippen LogP contribution in [0.15, 0.2) is 37.0 Å². The maximum absolute atomic E-state index is 12.1. The molecule has 1 saturated heterocycles. The summed E-state index contributed by atoms with van der Waals surface area (Å²) in [6.07, 6.45) is 7.76. The number of hydrogen-bond donors (Lipinski definition) is 1. The van der Waals surface area contributed by atoms with Crippen LogP contribution < -0.4 is 5.32 Å². The third-order valence-electron chi connectivity index (χ3n) is 3.47. The molecule has 4 nitrogen and oxygen atoms in total. The number of allylic oxidation sites excluding steroid dienone is 3. The molecule has 1 unspecified atom stereocenters. The summed E-state index contributed by atoms with van der Waals surface area (Å²) in [4.78, 5) is 12.1. The van der Waals surface area contributed by atoms with Crippen LogP contribution in [0.4, 0.5) is 0 Å². The van der Waals surface area contributed by atoms with Gasteiger partial charge < -0.3 is 14.8 Å². The average molecular weight is 279 g/mol. The fourth-order valence-electron chi connectivity index (χ4n) is 2.12. The van der Waals surface area contributed by atoms with E-state index in [9.17, 15) is 4.79 Å². The quantitative estimate of drug-likeness (QED) is 0.547. The Labute approximate surface area is 121 Å². The monoisotopic (exact) mass is 279 g/mol. The molecule has 0 aromatic heterocycles. The van der Waals surface area contributed by atoms with E-state index in [4.69, 9.17) is 9.47 Å². The van der Waals surface area contributed by atoms with Crippen molar-refractivity contribution >= 4 is 5.97 Å². The Morgan fingerprint density at radius 1 is 1.45 bits per heavy atom. The van der Waals surface area contributed by atoms with Crippen molar-refractivity contribution in [3.63, 3.8) is 0 Å². The summed E-state index contributed by atoms with van der Waals surface area (Å²) in [7, 11) is 1.76. The fourth-order valence-corrected chi connectivity index (χ4v) is 2.12. The van der Waals surface area contributed by atoms with Gasteiger partial charge in [0.05, 0.1) is 6.61 Å². The number of esters is 1. The van der Waals surface area contributed by atoms with Crippen molar-refractivity contribution in [1.82, 2.24) is 5.32 Å². The molecule has 1 aliphatic heterocycles. The molecule has 1 aliphatic rings. The van der Waals surface area contributed by atoms with Gasteiger partial charge in [0.1, 0.15) is 6.04 Å². The molecule has 20 heavy (non-hydrogen) atoms. The number of nitrogens with one attached hydrogen (secondary N) is 1. The van der Waals surface area contributed by atoms with Gasteiger partial charge in [-0.25, -0.2) is 0 Å². The highest BCUT2D eigenvalue weighted by Crippen LogP contribution is 2.16. The van der Waals surface area contributed by atoms with Crippen molar-refractivity contribution in [2.24, 2.45) is 5.92 Å². The molecule has 1 N–H and O–H groups in total. The molecule has 1 fully saturated rings. The van der Waals surface area contributed by atoms with Crippen LogP contribution in [0.25, 0.3) is 0 Å². The molecule has 0 aliphatic carbocycles. The van der Waals surface area contributed by atoms with Gasteiger partial charge in [0, 0.05) is 13.2 Å². The van der Waals surface area contributed by atoms with E-state index < -0.39 is 0 Å². The highest BCUT2D eigenvalue weighted by molar-refractivity contribution is 5.76. The van der Waals surface area contributed by atoms with Gasteiger partial charge in [0.25, 0.3) is 0 Å². The van der Waals surface area contributed by atoms with Gasteiger partial charge in [-0.3, -0.25) is 4.79 Å². The van der Waals surface area contributed by atoms with Gasteiger partial charge >= 0.3 is 5.97 Å². The molecule has 1 atom stereocenters. The van der Waals surface area contributed by atoms with Crippen molar-refractivity contribution in [1.29, 1.82) is 0 Å². The molecule has 0 bridgehead atoms. The molecule has 0 amide bonds. The minimum absolute atomic E-state index is 0.212. The number of hydrogen-bond acceptors (Lipinski definition) is 4. The van der Waals surface area contributed by atoms with Crippen molar-refractivity contribution in [3.05, 3.63) is 37.0 Å².